The monoisotopic (exact) mass is 375 g/mol. The molecule has 150 valence electrons. The van der Waals surface area contributed by atoms with E-state index in [1.807, 2.05) is 26.8 Å². The largest absolute Gasteiger partial charge is 0.489 e. The second-order valence-electron chi connectivity index (χ2n) is 7.15. The number of anilines is 1. The van der Waals surface area contributed by atoms with Crippen molar-refractivity contribution >= 4 is 11.5 Å². The van der Waals surface area contributed by atoms with Gasteiger partial charge in [-0.2, -0.15) is 5.26 Å². The highest BCUT2D eigenvalue weighted by atomic mass is 16.5. The first kappa shape index (κ1) is 22.9. The lowest BCUT2D eigenvalue weighted by atomic mass is 9.89. The minimum Gasteiger partial charge on any atom is -0.489 e. The summed E-state index contributed by atoms with van der Waals surface area (Å²) in [5.41, 5.74) is 6.81. The molecule has 27 heavy (non-hydrogen) atoms. The molecule has 0 aliphatic rings. The van der Waals surface area contributed by atoms with Crippen LogP contribution in [0.3, 0.4) is 0 Å². The number of nitrogens with zero attached hydrogens (tertiary/aromatic N) is 1. The molecule has 0 bridgehead atoms. The molecule has 0 heterocycles. The maximum Gasteiger partial charge on any atom is 0.168 e. The molecule has 0 aliphatic heterocycles. The molecule has 0 saturated heterocycles. The quantitative estimate of drug-likeness (QED) is 0.382. The van der Waals surface area contributed by atoms with Crippen LogP contribution in [0.4, 0.5) is 5.69 Å². The van der Waals surface area contributed by atoms with Gasteiger partial charge in [0.05, 0.1) is 5.69 Å². The Morgan fingerprint density at radius 1 is 1.37 bits per heavy atom. The lowest BCUT2D eigenvalue weighted by molar-refractivity contribution is 0.0908. The second-order valence-corrected chi connectivity index (χ2v) is 7.15. The van der Waals surface area contributed by atoms with Gasteiger partial charge in [0.2, 0.25) is 0 Å². The summed E-state index contributed by atoms with van der Waals surface area (Å²) < 4.78 is 5.59. The fourth-order valence-corrected chi connectivity index (χ4v) is 2.86. The van der Waals surface area contributed by atoms with Crippen molar-refractivity contribution in [3.8, 4) is 11.8 Å². The summed E-state index contributed by atoms with van der Waals surface area (Å²) in [5, 5.41) is 22.6. The van der Waals surface area contributed by atoms with Crippen molar-refractivity contribution in [2.24, 2.45) is 5.92 Å². The number of unbranched alkanes of at least 4 members (excludes halogenated alkanes) is 1. The van der Waals surface area contributed by atoms with Gasteiger partial charge in [0.25, 0.3) is 0 Å². The molecule has 6 nitrogen and oxygen atoms in total. The van der Waals surface area contributed by atoms with Gasteiger partial charge < -0.3 is 20.9 Å². The minimum atomic E-state index is -0.708. The van der Waals surface area contributed by atoms with Crippen LogP contribution in [0.5, 0.6) is 5.75 Å². The van der Waals surface area contributed by atoms with E-state index < -0.39 is 6.10 Å². The number of carbonyl (C=O) groups is 1. The van der Waals surface area contributed by atoms with Crippen molar-refractivity contribution < 1.29 is 14.6 Å². The number of rotatable bonds is 12. The standard InChI is InChI=1S/C21H33N3O3/c1-5-7-8-15(6-2)21(26)17-9-10-19(18(11-22)20(17)23)27-13-16(25)12-24-14(3)4/h9-10,14-16,24-25H,5-8,12-13,23H2,1-4H3. The van der Waals surface area contributed by atoms with E-state index in [0.717, 1.165) is 25.7 Å². The predicted molar refractivity (Wildman–Crippen MR) is 108 cm³/mol. The van der Waals surface area contributed by atoms with Crippen LogP contribution in [-0.2, 0) is 0 Å². The Labute approximate surface area is 162 Å². The lowest BCUT2D eigenvalue weighted by Crippen LogP contribution is -2.35. The van der Waals surface area contributed by atoms with Crippen molar-refractivity contribution in [2.75, 3.05) is 18.9 Å². The molecule has 0 radical (unpaired) electrons. The average Bonchev–Trinajstić information content (AvgIpc) is 2.65. The van der Waals surface area contributed by atoms with E-state index in [9.17, 15) is 15.2 Å². The van der Waals surface area contributed by atoms with Gasteiger partial charge in [-0.1, -0.05) is 40.5 Å². The fourth-order valence-electron chi connectivity index (χ4n) is 2.86. The van der Waals surface area contributed by atoms with E-state index in [4.69, 9.17) is 10.5 Å². The van der Waals surface area contributed by atoms with E-state index >= 15 is 0 Å². The van der Waals surface area contributed by atoms with E-state index in [1.165, 1.54) is 0 Å². The number of nitrogens with two attached hydrogens (primary N) is 1. The smallest absolute Gasteiger partial charge is 0.168 e. The Kier molecular flexibility index (Phi) is 9.84. The summed E-state index contributed by atoms with van der Waals surface area (Å²) in [7, 11) is 0. The summed E-state index contributed by atoms with van der Waals surface area (Å²) in [6.07, 6.45) is 2.87. The first-order valence-corrected chi connectivity index (χ1v) is 9.76. The molecule has 4 N–H and O–H groups in total. The molecule has 6 heteroatoms. The summed E-state index contributed by atoms with van der Waals surface area (Å²) in [4.78, 5) is 12.8. The maximum atomic E-state index is 12.8. The first-order valence-electron chi connectivity index (χ1n) is 9.76. The van der Waals surface area contributed by atoms with Gasteiger partial charge in [0.15, 0.2) is 5.78 Å². The third-order valence-corrected chi connectivity index (χ3v) is 4.55. The second kappa shape index (κ2) is 11.6. The molecule has 1 aromatic carbocycles. The van der Waals surface area contributed by atoms with E-state index in [2.05, 4.69) is 12.2 Å². The number of ether oxygens (including phenoxy) is 1. The Hall–Kier alpha value is -2.10. The van der Waals surface area contributed by atoms with Crippen LogP contribution in [0.2, 0.25) is 0 Å². The van der Waals surface area contributed by atoms with Crippen LogP contribution in [-0.4, -0.2) is 36.2 Å². The van der Waals surface area contributed by atoms with E-state index in [-0.39, 0.29) is 41.4 Å². The van der Waals surface area contributed by atoms with Gasteiger partial charge in [-0.3, -0.25) is 4.79 Å². The Morgan fingerprint density at radius 3 is 2.63 bits per heavy atom. The molecular formula is C21H33N3O3. The van der Waals surface area contributed by atoms with Crippen molar-refractivity contribution in [3.63, 3.8) is 0 Å². The number of ketones is 1. The van der Waals surface area contributed by atoms with E-state index in [1.54, 1.807) is 12.1 Å². The van der Waals surface area contributed by atoms with Gasteiger partial charge in [-0.25, -0.2) is 0 Å². The number of Topliss-reactive ketones (excluding diaryl/α,β-unsaturated/α-hetero) is 1. The van der Waals surface area contributed by atoms with Crippen molar-refractivity contribution in [1.82, 2.24) is 5.32 Å². The van der Waals surface area contributed by atoms with Crippen LogP contribution >= 0.6 is 0 Å². The molecule has 0 fully saturated rings. The SMILES string of the molecule is CCCCC(CC)C(=O)c1ccc(OCC(O)CNC(C)C)c(C#N)c1N. The third-order valence-electron chi connectivity index (χ3n) is 4.55. The number of nitrogen functional groups attached to an aromatic ring is 1. The molecule has 0 spiro atoms. The summed E-state index contributed by atoms with van der Waals surface area (Å²) in [5.74, 6) is 0.180. The van der Waals surface area contributed by atoms with Gasteiger partial charge >= 0.3 is 0 Å². The molecule has 1 rings (SSSR count). The summed E-state index contributed by atoms with van der Waals surface area (Å²) in [6.45, 7) is 8.49. The molecule has 1 aromatic rings. The number of aliphatic hydroxyl groups is 1. The van der Waals surface area contributed by atoms with Crippen molar-refractivity contribution in [1.29, 1.82) is 5.26 Å². The third kappa shape index (κ3) is 6.85. The Morgan fingerprint density at radius 2 is 2.07 bits per heavy atom. The molecule has 2 unspecified atom stereocenters. The minimum absolute atomic E-state index is 0.0207. The van der Waals surface area contributed by atoms with Gasteiger partial charge in [-0.15, -0.1) is 0 Å². The van der Waals surface area contributed by atoms with Gasteiger partial charge in [0.1, 0.15) is 30.1 Å². The van der Waals surface area contributed by atoms with Gasteiger partial charge in [-0.05, 0) is 25.0 Å². The van der Waals surface area contributed by atoms with Crippen LogP contribution in [0, 0.1) is 17.2 Å². The number of hydrogen-bond acceptors (Lipinski definition) is 6. The molecule has 0 aromatic heterocycles. The number of nitrogens with one attached hydrogen (secondary N) is 1. The average molecular weight is 376 g/mol. The van der Waals surface area contributed by atoms with Gasteiger partial charge in [0, 0.05) is 24.1 Å². The Bertz CT molecular complexity index is 653. The molecule has 0 saturated carbocycles. The Balaban J connectivity index is 2.92. The molecule has 0 amide bonds. The van der Waals surface area contributed by atoms with Crippen molar-refractivity contribution in [2.45, 2.75) is 65.5 Å². The lowest BCUT2D eigenvalue weighted by Gasteiger charge is -2.18. The maximum absolute atomic E-state index is 12.8. The number of aliphatic hydroxyl groups excluding tert-OH is 1. The van der Waals surface area contributed by atoms with Crippen LogP contribution < -0.4 is 15.8 Å². The zero-order valence-electron chi connectivity index (χ0n) is 16.9. The van der Waals surface area contributed by atoms with Crippen LogP contribution in [0.15, 0.2) is 12.1 Å². The highest BCUT2D eigenvalue weighted by Crippen LogP contribution is 2.30. The fraction of sp³-hybridized carbons (Fsp3) is 0.619. The summed E-state index contributed by atoms with van der Waals surface area (Å²) in [6, 6.07) is 5.51. The number of nitriles is 1. The number of hydrogen-bond donors (Lipinski definition) is 3. The predicted octanol–water partition coefficient (Wildman–Crippen LogP) is 3.28. The van der Waals surface area contributed by atoms with Crippen molar-refractivity contribution in [3.05, 3.63) is 23.3 Å². The van der Waals surface area contributed by atoms with Crippen LogP contribution in [0.25, 0.3) is 0 Å². The zero-order chi connectivity index (χ0) is 20.4. The number of carbonyl (C=O) groups excluding carboxylic acids is 1. The molecule has 0 aliphatic carbocycles. The highest BCUT2D eigenvalue weighted by Gasteiger charge is 2.23. The first-order chi connectivity index (χ1) is 12.8. The molecular weight excluding hydrogens is 342 g/mol. The zero-order valence-corrected chi connectivity index (χ0v) is 16.9. The van der Waals surface area contributed by atoms with E-state index in [0.29, 0.717) is 12.1 Å². The molecule has 2 atom stereocenters. The normalized spacial score (nSPS) is 13.2. The van der Waals surface area contributed by atoms with Crippen LogP contribution in [0.1, 0.15) is 69.3 Å². The summed E-state index contributed by atoms with van der Waals surface area (Å²) >= 11 is 0. The number of benzene rings is 1. The topological polar surface area (TPSA) is 108 Å². The highest BCUT2D eigenvalue weighted by molar-refractivity contribution is 6.03.